The average Bonchev–Trinajstić information content (AvgIpc) is 3.47. The second kappa shape index (κ2) is 10.0. The third kappa shape index (κ3) is 5.03. The highest BCUT2D eigenvalue weighted by Gasteiger charge is 2.26. The lowest BCUT2D eigenvalue weighted by atomic mass is 9.99. The van der Waals surface area contributed by atoms with E-state index in [0.29, 0.717) is 29.8 Å². The molecule has 2 N–H and O–H groups in total. The van der Waals surface area contributed by atoms with E-state index in [4.69, 9.17) is 18.7 Å². The van der Waals surface area contributed by atoms with Crippen LogP contribution in [0.25, 0.3) is 11.4 Å². The number of nitrogens with one attached hydrogen (secondary N) is 1. The number of fused-ring (bicyclic) bond motifs is 1. The maximum absolute atomic E-state index is 10.4. The van der Waals surface area contributed by atoms with Crippen LogP contribution in [0.5, 0.6) is 17.2 Å². The van der Waals surface area contributed by atoms with E-state index < -0.39 is 6.10 Å². The van der Waals surface area contributed by atoms with Gasteiger partial charge in [-0.05, 0) is 42.7 Å². The van der Waals surface area contributed by atoms with Crippen LogP contribution >= 0.6 is 0 Å². The third-order valence-corrected chi connectivity index (χ3v) is 5.65. The molecule has 0 aliphatic carbocycles. The average molecular weight is 440 g/mol. The lowest BCUT2D eigenvalue weighted by molar-refractivity contribution is 0.0983. The van der Waals surface area contributed by atoms with Gasteiger partial charge in [0.1, 0.15) is 18.5 Å². The number of nitrogens with zero attached hydrogens (tertiary/aromatic N) is 2. The van der Waals surface area contributed by atoms with Crippen LogP contribution < -0.4 is 19.5 Å². The molecule has 2 aromatic carbocycles. The molecule has 3 aromatic rings. The number of benzene rings is 2. The summed E-state index contributed by atoms with van der Waals surface area (Å²) in [6.45, 7) is 6.93. The topological polar surface area (TPSA) is 98.9 Å². The van der Waals surface area contributed by atoms with Gasteiger partial charge in [-0.1, -0.05) is 43.6 Å². The minimum Gasteiger partial charge on any atom is -0.491 e. The maximum atomic E-state index is 10.4. The lowest BCUT2D eigenvalue weighted by Crippen LogP contribution is -2.36. The number of aromatic nitrogens is 2. The second-order valence-corrected chi connectivity index (χ2v) is 8.03. The summed E-state index contributed by atoms with van der Waals surface area (Å²) in [4.78, 5) is 4.61. The van der Waals surface area contributed by atoms with E-state index in [2.05, 4.69) is 29.3 Å². The first-order valence-corrected chi connectivity index (χ1v) is 10.9. The number of rotatable bonds is 10. The highest BCUT2D eigenvalue weighted by atomic mass is 16.7. The Labute approximate surface area is 187 Å². The van der Waals surface area contributed by atoms with Crippen molar-refractivity contribution in [1.82, 2.24) is 15.5 Å². The van der Waals surface area contributed by atoms with Crippen LogP contribution in [0.15, 0.2) is 47.0 Å². The molecular weight excluding hydrogens is 410 g/mol. The Hall–Kier alpha value is -3.10. The molecule has 0 saturated heterocycles. The smallest absolute Gasteiger partial charge is 0.244 e. The minimum atomic E-state index is -0.683. The summed E-state index contributed by atoms with van der Waals surface area (Å²) < 4.78 is 22.1. The van der Waals surface area contributed by atoms with Crippen LogP contribution in [-0.4, -0.2) is 41.3 Å². The molecule has 0 spiro atoms. The largest absolute Gasteiger partial charge is 0.491 e. The molecule has 0 amide bonds. The Balaban J connectivity index is 1.40. The molecule has 1 aromatic heterocycles. The molecule has 32 heavy (non-hydrogen) atoms. The zero-order chi connectivity index (χ0) is 22.5. The summed E-state index contributed by atoms with van der Waals surface area (Å²) in [7, 11) is 0. The summed E-state index contributed by atoms with van der Waals surface area (Å²) in [6.07, 6.45) is 0.229. The van der Waals surface area contributed by atoms with Crippen molar-refractivity contribution < 1.29 is 23.8 Å². The molecule has 3 atom stereocenters. The van der Waals surface area contributed by atoms with Crippen LogP contribution in [0.2, 0.25) is 0 Å². The van der Waals surface area contributed by atoms with Gasteiger partial charge in [0.15, 0.2) is 11.5 Å². The fourth-order valence-corrected chi connectivity index (χ4v) is 3.51. The van der Waals surface area contributed by atoms with Crippen LogP contribution in [-0.2, 0) is 0 Å². The highest BCUT2D eigenvalue weighted by Crippen LogP contribution is 2.35. The Morgan fingerprint density at radius 2 is 1.97 bits per heavy atom. The van der Waals surface area contributed by atoms with E-state index in [9.17, 15) is 5.11 Å². The molecule has 8 nitrogen and oxygen atoms in total. The molecule has 0 fully saturated rings. The van der Waals surface area contributed by atoms with Gasteiger partial charge < -0.3 is 29.2 Å². The van der Waals surface area contributed by atoms with Crippen molar-refractivity contribution in [2.24, 2.45) is 5.92 Å². The van der Waals surface area contributed by atoms with Crippen molar-refractivity contribution >= 4 is 0 Å². The SMILES string of the molecule is CCC(C)C(NCC(O)COc1ccccc1C)c1nc(-c2ccc3c(c2)OCO3)no1. The number of hydrogen-bond acceptors (Lipinski definition) is 8. The van der Waals surface area contributed by atoms with Gasteiger partial charge in [-0.3, -0.25) is 0 Å². The van der Waals surface area contributed by atoms with Gasteiger partial charge in [0.2, 0.25) is 18.5 Å². The van der Waals surface area contributed by atoms with Crippen molar-refractivity contribution in [3.05, 3.63) is 53.9 Å². The molecule has 0 radical (unpaired) electrons. The van der Waals surface area contributed by atoms with E-state index >= 15 is 0 Å². The van der Waals surface area contributed by atoms with Crippen molar-refractivity contribution in [1.29, 1.82) is 0 Å². The number of hydrogen-bond donors (Lipinski definition) is 2. The molecular formula is C24H29N3O5. The summed E-state index contributed by atoms with van der Waals surface area (Å²) in [5, 5.41) is 18.0. The van der Waals surface area contributed by atoms with Gasteiger partial charge in [-0.15, -0.1) is 0 Å². The zero-order valence-corrected chi connectivity index (χ0v) is 18.6. The standard InChI is InChI=1S/C24H29N3O5/c1-4-15(2)22(25-12-18(28)13-29-19-8-6-5-7-16(19)3)24-26-23(27-32-24)17-9-10-20-21(11-17)31-14-30-20/h5-11,15,18,22,25,28H,4,12-14H2,1-3H3. The predicted molar refractivity (Wildman–Crippen MR) is 119 cm³/mol. The Bertz CT molecular complexity index is 1040. The molecule has 0 saturated carbocycles. The van der Waals surface area contributed by atoms with Crippen LogP contribution in [0, 0.1) is 12.8 Å². The van der Waals surface area contributed by atoms with Gasteiger partial charge in [-0.25, -0.2) is 0 Å². The van der Waals surface area contributed by atoms with Crippen LogP contribution in [0.1, 0.15) is 37.8 Å². The highest BCUT2D eigenvalue weighted by molar-refractivity contribution is 5.61. The van der Waals surface area contributed by atoms with Gasteiger partial charge in [0, 0.05) is 12.1 Å². The Kier molecular flexibility index (Phi) is 6.92. The molecule has 0 bridgehead atoms. The molecule has 1 aliphatic rings. The number of aliphatic hydroxyl groups excluding tert-OH is 1. The van der Waals surface area contributed by atoms with E-state index in [1.54, 1.807) is 0 Å². The normalized spacial score (nSPS) is 15.4. The van der Waals surface area contributed by atoms with E-state index in [1.807, 2.05) is 49.4 Å². The van der Waals surface area contributed by atoms with Crippen molar-refractivity contribution in [3.8, 4) is 28.6 Å². The number of aliphatic hydroxyl groups is 1. The Morgan fingerprint density at radius 3 is 2.78 bits per heavy atom. The van der Waals surface area contributed by atoms with E-state index in [0.717, 1.165) is 23.3 Å². The van der Waals surface area contributed by atoms with Crippen molar-refractivity contribution in [3.63, 3.8) is 0 Å². The van der Waals surface area contributed by atoms with Crippen molar-refractivity contribution in [2.45, 2.75) is 39.3 Å². The molecule has 4 rings (SSSR count). The first kappa shape index (κ1) is 22.1. The monoisotopic (exact) mass is 439 g/mol. The van der Waals surface area contributed by atoms with E-state index in [-0.39, 0.29) is 25.4 Å². The molecule has 2 heterocycles. The first-order valence-electron chi connectivity index (χ1n) is 10.9. The van der Waals surface area contributed by atoms with Crippen LogP contribution in [0.4, 0.5) is 0 Å². The molecule has 170 valence electrons. The maximum Gasteiger partial charge on any atom is 0.244 e. The minimum absolute atomic E-state index is 0.191. The summed E-state index contributed by atoms with van der Waals surface area (Å²) >= 11 is 0. The molecule has 1 aliphatic heterocycles. The molecule has 8 heteroatoms. The van der Waals surface area contributed by atoms with Crippen molar-refractivity contribution in [2.75, 3.05) is 19.9 Å². The lowest BCUT2D eigenvalue weighted by Gasteiger charge is -2.22. The predicted octanol–water partition coefficient (Wildman–Crippen LogP) is 3.89. The van der Waals surface area contributed by atoms with Gasteiger partial charge in [0.05, 0.1) is 6.04 Å². The summed E-state index contributed by atoms with van der Waals surface area (Å²) in [6, 6.07) is 13.1. The van der Waals surface area contributed by atoms with Gasteiger partial charge >= 0.3 is 0 Å². The Morgan fingerprint density at radius 1 is 1.16 bits per heavy atom. The second-order valence-electron chi connectivity index (χ2n) is 8.03. The van der Waals surface area contributed by atoms with Crippen LogP contribution in [0.3, 0.4) is 0 Å². The third-order valence-electron chi connectivity index (χ3n) is 5.65. The number of para-hydroxylation sites is 1. The zero-order valence-electron chi connectivity index (χ0n) is 18.6. The summed E-state index contributed by atoms with van der Waals surface area (Å²) in [5.74, 6) is 3.34. The first-order chi connectivity index (χ1) is 15.5. The number of aryl methyl sites for hydroxylation is 1. The van der Waals surface area contributed by atoms with Gasteiger partial charge in [-0.2, -0.15) is 4.98 Å². The fourth-order valence-electron chi connectivity index (χ4n) is 3.51. The van der Waals surface area contributed by atoms with E-state index in [1.165, 1.54) is 0 Å². The quantitative estimate of drug-likeness (QED) is 0.491. The molecule has 3 unspecified atom stereocenters. The van der Waals surface area contributed by atoms with Gasteiger partial charge in [0.25, 0.3) is 0 Å². The summed E-state index contributed by atoms with van der Waals surface area (Å²) in [5.41, 5.74) is 1.82. The number of ether oxygens (including phenoxy) is 3. The fraction of sp³-hybridized carbons (Fsp3) is 0.417.